The molecular weight excluding hydrogens is 260 g/mol. The Morgan fingerprint density at radius 2 is 2.15 bits per heavy atom. The van der Waals surface area contributed by atoms with Gasteiger partial charge in [-0.25, -0.2) is 9.78 Å². The summed E-state index contributed by atoms with van der Waals surface area (Å²) in [7, 11) is 1.29. The molecule has 2 aromatic rings. The maximum absolute atomic E-state index is 11.4. The number of hydrogen-bond acceptors (Lipinski definition) is 6. The highest BCUT2D eigenvalue weighted by molar-refractivity contribution is 5.87. The summed E-state index contributed by atoms with van der Waals surface area (Å²) in [6.45, 7) is 4.00. The van der Waals surface area contributed by atoms with Gasteiger partial charge in [0.05, 0.1) is 25.2 Å². The quantitative estimate of drug-likeness (QED) is 0.859. The number of aromatic nitrogens is 3. The van der Waals surface area contributed by atoms with Gasteiger partial charge in [0.15, 0.2) is 11.4 Å². The van der Waals surface area contributed by atoms with E-state index in [4.69, 9.17) is 10.5 Å². The van der Waals surface area contributed by atoms with E-state index in [1.54, 1.807) is 23.1 Å². The number of esters is 1. The van der Waals surface area contributed by atoms with E-state index >= 15 is 0 Å². The van der Waals surface area contributed by atoms with Crippen LogP contribution < -0.4 is 10.5 Å². The van der Waals surface area contributed by atoms with Gasteiger partial charge in [-0.05, 0) is 26.0 Å². The summed E-state index contributed by atoms with van der Waals surface area (Å²) in [6.07, 6.45) is 3.29. The number of carbonyl (C=O) groups is 1. The average molecular weight is 276 g/mol. The Morgan fingerprint density at radius 1 is 1.40 bits per heavy atom. The summed E-state index contributed by atoms with van der Waals surface area (Å²) in [5.41, 5.74) is 6.24. The summed E-state index contributed by atoms with van der Waals surface area (Å²) in [6, 6.07) is 3.24. The van der Waals surface area contributed by atoms with Gasteiger partial charge in [0.2, 0.25) is 5.88 Å². The molecule has 0 unspecified atom stereocenters. The van der Waals surface area contributed by atoms with Crippen LogP contribution in [0.5, 0.6) is 11.6 Å². The van der Waals surface area contributed by atoms with Crippen molar-refractivity contribution < 1.29 is 14.3 Å². The molecule has 0 fully saturated rings. The number of pyridine rings is 1. The van der Waals surface area contributed by atoms with Gasteiger partial charge >= 0.3 is 5.97 Å². The van der Waals surface area contributed by atoms with Gasteiger partial charge in [0.1, 0.15) is 0 Å². The van der Waals surface area contributed by atoms with E-state index in [-0.39, 0.29) is 17.6 Å². The molecule has 0 atom stereocenters. The number of nitrogens with zero attached hydrogens (tertiary/aromatic N) is 3. The largest absolute Gasteiger partial charge is 0.464 e. The van der Waals surface area contributed by atoms with Gasteiger partial charge in [-0.3, -0.25) is 4.68 Å². The van der Waals surface area contributed by atoms with Crippen LogP contribution in [-0.2, 0) is 4.74 Å². The fraction of sp³-hybridized carbons (Fsp3) is 0.308. The molecule has 0 aliphatic heterocycles. The lowest BCUT2D eigenvalue weighted by Gasteiger charge is -2.07. The van der Waals surface area contributed by atoms with Crippen molar-refractivity contribution in [1.29, 1.82) is 0 Å². The first-order valence-corrected chi connectivity index (χ1v) is 6.08. The molecule has 7 heteroatoms. The average Bonchev–Trinajstić information content (AvgIpc) is 2.89. The molecule has 0 bridgehead atoms. The maximum atomic E-state index is 11.4. The van der Waals surface area contributed by atoms with Crippen LogP contribution >= 0.6 is 0 Å². The minimum Gasteiger partial charge on any atom is -0.464 e. The van der Waals surface area contributed by atoms with Crippen LogP contribution in [0, 0.1) is 0 Å². The number of methoxy groups -OCH3 is 1. The second-order valence-corrected chi connectivity index (χ2v) is 4.43. The standard InChI is InChI=1S/C13H16N4O3/c1-8(2)17-7-9(6-15-17)20-12-10(14)4-5-11(16-12)13(18)19-3/h4-8H,14H2,1-3H3. The first-order valence-electron chi connectivity index (χ1n) is 6.08. The topological polar surface area (TPSA) is 92.3 Å². The molecule has 20 heavy (non-hydrogen) atoms. The molecule has 0 aliphatic carbocycles. The number of ether oxygens (including phenoxy) is 2. The normalized spacial score (nSPS) is 10.6. The van der Waals surface area contributed by atoms with Crippen molar-refractivity contribution in [2.45, 2.75) is 19.9 Å². The SMILES string of the molecule is COC(=O)c1ccc(N)c(Oc2cnn(C(C)C)c2)n1. The molecular formula is C13H16N4O3. The minimum absolute atomic E-state index is 0.132. The second-order valence-electron chi connectivity index (χ2n) is 4.43. The van der Waals surface area contributed by atoms with Gasteiger partial charge in [-0.2, -0.15) is 5.10 Å². The van der Waals surface area contributed by atoms with Gasteiger partial charge in [0, 0.05) is 6.04 Å². The van der Waals surface area contributed by atoms with Gasteiger partial charge in [0.25, 0.3) is 0 Å². The second kappa shape index (κ2) is 5.60. The third-order valence-corrected chi connectivity index (χ3v) is 2.61. The smallest absolute Gasteiger partial charge is 0.356 e. The van der Waals surface area contributed by atoms with E-state index in [2.05, 4.69) is 14.8 Å². The molecule has 2 aromatic heterocycles. The lowest BCUT2D eigenvalue weighted by Crippen LogP contribution is -2.06. The predicted molar refractivity (Wildman–Crippen MR) is 72.7 cm³/mol. The van der Waals surface area contributed by atoms with Crippen LogP contribution in [-0.4, -0.2) is 27.8 Å². The number of nitrogen functional groups attached to an aromatic ring is 1. The van der Waals surface area contributed by atoms with Crippen molar-refractivity contribution in [3.8, 4) is 11.6 Å². The summed E-state index contributed by atoms with van der Waals surface area (Å²) in [5, 5.41) is 4.15. The zero-order valence-electron chi connectivity index (χ0n) is 11.5. The molecule has 2 rings (SSSR count). The van der Waals surface area contributed by atoms with Gasteiger partial charge in [-0.1, -0.05) is 0 Å². The fourth-order valence-electron chi connectivity index (χ4n) is 1.52. The molecule has 0 saturated carbocycles. The van der Waals surface area contributed by atoms with E-state index < -0.39 is 5.97 Å². The van der Waals surface area contributed by atoms with E-state index in [9.17, 15) is 4.79 Å². The van der Waals surface area contributed by atoms with Crippen molar-refractivity contribution in [3.05, 3.63) is 30.2 Å². The molecule has 0 aliphatic rings. The lowest BCUT2D eigenvalue weighted by atomic mass is 10.3. The molecule has 0 spiro atoms. The summed E-state index contributed by atoms with van der Waals surface area (Å²) in [4.78, 5) is 15.5. The van der Waals surface area contributed by atoms with Gasteiger partial charge < -0.3 is 15.2 Å². The first-order chi connectivity index (χ1) is 9.51. The van der Waals surface area contributed by atoms with Crippen LogP contribution in [0.4, 0.5) is 5.69 Å². The lowest BCUT2D eigenvalue weighted by molar-refractivity contribution is 0.0593. The van der Waals surface area contributed by atoms with Crippen molar-refractivity contribution in [3.63, 3.8) is 0 Å². The summed E-state index contributed by atoms with van der Waals surface area (Å²) >= 11 is 0. The molecule has 7 nitrogen and oxygen atoms in total. The summed E-state index contributed by atoms with van der Waals surface area (Å²) < 4.78 is 11.9. The highest BCUT2D eigenvalue weighted by Crippen LogP contribution is 2.25. The molecule has 2 N–H and O–H groups in total. The number of rotatable bonds is 4. The van der Waals surface area contributed by atoms with Crippen molar-refractivity contribution in [2.75, 3.05) is 12.8 Å². The Morgan fingerprint density at radius 3 is 2.75 bits per heavy atom. The van der Waals surface area contributed by atoms with Crippen LogP contribution in [0.25, 0.3) is 0 Å². The van der Waals surface area contributed by atoms with Crippen LogP contribution in [0.2, 0.25) is 0 Å². The monoisotopic (exact) mass is 276 g/mol. The van der Waals surface area contributed by atoms with Crippen LogP contribution in [0.1, 0.15) is 30.4 Å². The Labute approximate surface area is 116 Å². The minimum atomic E-state index is -0.548. The third kappa shape index (κ3) is 2.87. The number of hydrogen-bond donors (Lipinski definition) is 1. The third-order valence-electron chi connectivity index (χ3n) is 2.61. The molecule has 0 saturated heterocycles. The molecule has 0 aromatic carbocycles. The predicted octanol–water partition coefficient (Wildman–Crippen LogP) is 2.02. The number of nitrogens with two attached hydrogens (primary N) is 1. The Kier molecular flexibility index (Phi) is 3.88. The summed E-state index contributed by atoms with van der Waals surface area (Å²) in [5.74, 6) is 0.101. The van der Waals surface area contributed by atoms with E-state index in [0.29, 0.717) is 11.4 Å². The number of anilines is 1. The van der Waals surface area contributed by atoms with Crippen LogP contribution in [0.15, 0.2) is 24.5 Å². The van der Waals surface area contributed by atoms with Crippen molar-refractivity contribution in [2.24, 2.45) is 0 Å². The van der Waals surface area contributed by atoms with E-state index in [0.717, 1.165) is 0 Å². The highest BCUT2D eigenvalue weighted by Gasteiger charge is 2.13. The Bertz CT molecular complexity index is 622. The molecule has 0 radical (unpaired) electrons. The maximum Gasteiger partial charge on any atom is 0.356 e. The Hall–Kier alpha value is -2.57. The van der Waals surface area contributed by atoms with Crippen molar-refractivity contribution in [1.82, 2.24) is 14.8 Å². The van der Waals surface area contributed by atoms with E-state index in [1.165, 1.54) is 13.2 Å². The molecule has 2 heterocycles. The zero-order valence-corrected chi connectivity index (χ0v) is 11.5. The van der Waals surface area contributed by atoms with E-state index in [1.807, 2.05) is 13.8 Å². The van der Waals surface area contributed by atoms with Gasteiger partial charge in [-0.15, -0.1) is 0 Å². The highest BCUT2D eigenvalue weighted by atomic mass is 16.5. The van der Waals surface area contributed by atoms with Crippen molar-refractivity contribution >= 4 is 11.7 Å². The number of carbonyl (C=O) groups excluding carboxylic acids is 1. The fourth-order valence-corrected chi connectivity index (χ4v) is 1.52. The van der Waals surface area contributed by atoms with Crippen LogP contribution in [0.3, 0.4) is 0 Å². The Balaban J connectivity index is 2.25. The molecule has 106 valence electrons. The molecule has 0 amide bonds. The first kappa shape index (κ1) is 13.9. The zero-order chi connectivity index (χ0) is 14.7.